The van der Waals surface area contributed by atoms with E-state index in [0.717, 1.165) is 15.7 Å². The highest BCUT2D eigenvalue weighted by molar-refractivity contribution is 7.15. The molecule has 0 saturated heterocycles. The molecule has 6 heteroatoms. The van der Waals surface area contributed by atoms with Crippen molar-refractivity contribution in [2.24, 2.45) is 0 Å². The van der Waals surface area contributed by atoms with Crippen molar-refractivity contribution in [3.8, 4) is 0 Å². The van der Waals surface area contributed by atoms with Crippen molar-refractivity contribution >= 4 is 39.7 Å². The van der Waals surface area contributed by atoms with Crippen molar-refractivity contribution in [2.45, 2.75) is 26.3 Å². The molecule has 0 radical (unpaired) electrons. The first-order valence-corrected chi connectivity index (χ1v) is 7.14. The van der Waals surface area contributed by atoms with Gasteiger partial charge in [0.25, 0.3) is 0 Å². The SMILES string of the molecule is CC(C)c1nnc(NCc2ccc(Cl)cc2Cl)s1. The van der Waals surface area contributed by atoms with Crippen LogP contribution in [0.2, 0.25) is 10.0 Å². The predicted octanol–water partition coefficient (Wildman–Crippen LogP) is 4.58. The van der Waals surface area contributed by atoms with Crippen LogP contribution in [0, 0.1) is 0 Å². The molecule has 0 unspecified atom stereocenters. The van der Waals surface area contributed by atoms with Crippen LogP contribution in [0.5, 0.6) is 0 Å². The van der Waals surface area contributed by atoms with Crippen LogP contribution in [-0.4, -0.2) is 10.2 Å². The molecule has 2 aromatic rings. The van der Waals surface area contributed by atoms with Crippen LogP contribution in [-0.2, 0) is 6.54 Å². The lowest BCUT2D eigenvalue weighted by Gasteiger charge is -2.05. The number of halogens is 2. The molecule has 1 aromatic heterocycles. The smallest absolute Gasteiger partial charge is 0.205 e. The lowest BCUT2D eigenvalue weighted by Crippen LogP contribution is -1.99. The summed E-state index contributed by atoms with van der Waals surface area (Å²) in [6.07, 6.45) is 0. The molecular formula is C12H13Cl2N3S. The number of rotatable bonds is 4. The van der Waals surface area contributed by atoms with E-state index in [0.29, 0.717) is 22.5 Å². The third-order valence-corrected chi connectivity index (χ3v) is 4.15. The van der Waals surface area contributed by atoms with Gasteiger partial charge in [-0.15, -0.1) is 10.2 Å². The predicted molar refractivity (Wildman–Crippen MR) is 77.8 cm³/mol. The van der Waals surface area contributed by atoms with Gasteiger partial charge in [0.2, 0.25) is 5.13 Å². The molecule has 0 aliphatic rings. The Balaban J connectivity index is 2.02. The van der Waals surface area contributed by atoms with Crippen molar-refractivity contribution in [2.75, 3.05) is 5.32 Å². The van der Waals surface area contributed by atoms with E-state index >= 15 is 0 Å². The van der Waals surface area contributed by atoms with Crippen LogP contribution < -0.4 is 5.32 Å². The Bertz CT molecular complexity index is 540. The second-order valence-corrected chi connectivity index (χ2v) is 6.04. The standard InChI is InChI=1S/C12H13Cl2N3S/c1-7(2)11-16-17-12(18-11)15-6-8-3-4-9(13)5-10(8)14/h3-5,7H,6H2,1-2H3,(H,15,17). The van der Waals surface area contributed by atoms with Gasteiger partial charge in [-0.1, -0.05) is 54.5 Å². The molecule has 96 valence electrons. The first kappa shape index (κ1) is 13.6. The minimum absolute atomic E-state index is 0.400. The van der Waals surface area contributed by atoms with Gasteiger partial charge in [-0.25, -0.2) is 0 Å². The Kier molecular flexibility index (Phi) is 4.43. The summed E-state index contributed by atoms with van der Waals surface area (Å²) < 4.78 is 0. The van der Waals surface area contributed by atoms with E-state index in [1.54, 1.807) is 17.4 Å². The van der Waals surface area contributed by atoms with Gasteiger partial charge in [0.05, 0.1) is 0 Å². The maximum atomic E-state index is 6.09. The van der Waals surface area contributed by atoms with E-state index in [1.807, 2.05) is 12.1 Å². The van der Waals surface area contributed by atoms with Crippen molar-refractivity contribution < 1.29 is 0 Å². The fourth-order valence-electron chi connectivity index (χ4n) is 1.38. The van der Waals surface area contributed by atoms with Crippen LogP contribution in [0.1, 0.15) is 30.3 Å². The molecule has 18 heavy (non-hydrogen) atoms. The Morgan fingerprint density at radius 2 is 2.06 bits per heavy atom. The maximum absolute atomic E-state index is 6.09. The number of hydrogen-bond acceptors (Lipinski definition) is 4. The van der Waals surface area contributed by atoms with E-state index in [2.05, 4.69) is 29.4 Å². The molecular weight excluding hydrogens is 289 g/mol. The van der Waals surface area contributed by atoms with Crippen molar-refractivity contribution in [1.82, 2.24) is 10.2 Å². The lowest BCUT2D eigenvalue weighted by atomic mass is 10.2. The summed E-state index contributed by atoms with van der Waals surface area (Å²) in [6.45, 7) is 4.81. The van der Waals surface area contributed by atoms with Gasteiger partial charge in [0, 0.05) is 22.5 Å². The topological polar surface area (TPSA) is 37.8 Å². The third-order valence-electron chi connectivity index (χ3n) is 2.38. The zero-order chi connectivity index (χ0) is 13.1. The minimum Gasteiger partial charge on any atom is -0.356 e. The quantitative estimate of drug-likeness (QED) is 0.898. The normalized spacial score (nSPS) is 10.9. The molecule has 0 amide bonds. The Morgan fingerprint density at radius 1 is 1.28 bits per heavy atom. The zero-order valence-corrected chi connectivity index (χ0v) is 12.4. The average Bonchev–Trinajstić information content (AvgIpc) is 2.76. The third kappa shape index (κ3) is 3.34. The fourth-order valence-corrected chi connectivity index (χ4v) is 2.59. The van der Waals surface area contributed by atoms with Crippen molar-refractivity contribution in [3.63, 3.8) is 0 Å². The monoisotopic (exact) mass is 301 g/mol. The highest BCUT2D eigenvalue weighted by Gasteiger charge is 2.08. The zero-order valence-electron chi connectivity index (χ0n) is 10.1. The number of anilines is 1. The number of nitrogens with one attached hydrogen (secondary N) is 1. The summed E-state index contributed by atoms with van der Waals surface area (Å²) >= 11 is 13.5. The van der Waals surface area contributed by atoms with Gasteiger partial charge in [0.1, 0.15) is 5.01 Å². The van der Waals surface area contributed by atoms with Gasteiger partial charge >= 0.3 is 0 Å². The maximum Gasteiger partial charge on any atom is 0.205 e. The molecule has 0 saturated carbocycles. The van der Waals surface area contributed by atoms with Crippen LogP contribution in [0.4, 0.5) is 5.13 Å². The van der Waals surface area contributed by atoms with Crippen LogP contribution >= 0.6 is 34.5 Å². The molecule has 0 bridgehead atoms. The summed E-state index contributed by atoms with van der Waals surface area (Å²) in [7, 11) is 0. The second kappa shape index (κ2) is 5.87. The number of benzene rings is 1. The van der Waals surface area contributed by atoms with Crippen molar-refractivity contribution in [3.05, 3.63) is 38.8 Å². The van der Waals surface area contributed by atoms with E-state index in [9.17, 15) is 0 Å². The van der Waals surface area contributed by atoms with E-state index in [-0.39, 0.29) is 0 Å². The molecule has 0 aliphatic heterocycles. The van der Waals surface area contributed by atoms with Crippen molar-refractivity contribution in [1.29, 1.82) is 0 Å². The molecule has 0 fully saturated rings. The first-order chi connectivity index (χ1) is 8.56. The largest absolute Gasteiger partial charge is 0.356 e. The Morgan fingerprint density at radius 3 is 2.67 bits per heavy atom. The molecule has 1 aromatic carbocycles. The Hall–Kier alpha value is -0.840. The van der Waals surface area contributed by atoms with Crippen LogP contribution in [0.15, 0.2) is 18.2 Å². The summed E-state index contributed by atoms with van der Waals surface area (Å²) in [6, 6.07) is 5.46. The lowest BCUT2D eigenvalue weighted by molar-refractivity contribution is 0.824. The van der Waals surface area contributed by atoms with E-state index in [4.69, 9.17) is 23.2 Å². The Labute approximate surface area is 120 Å². The summed E-state index contributed by atoms with van der Waals surface area (Å²) in [5.41, 5.74) is 0.988. The fraction of sp³-hybridized carbons (Fsp3) is 0.333. The molecule has 3 nitrogen and oxygen atoms in total. The molecule has 1 heterocycles. The molecule has 0 spiro atoms. The highest BCUT2D eigenvalue weighted by Crippen LogP contribution is 2.25. The summed E-state index contributed by atoms with van der Waals surface area (Å²) in [4.78, 5) is 0. The molecule has 2 rings (SSSR count). The van der Waals surface area contributed by atoms with Gasteiger partial charge in [-0.3, -0.25) is 0 Å². The minimum atomic E-state index is 0.400. The molecule has 1 N–H and O–H groups in total. The van der Waals surface area contributed by atoms with E-state index < -0.39 is 0 Å². The number of nitrogens with zero attached hydrogens (tertiary/aromatic N) is 2. The summed E-state index contributed by atoms with van der Waals surface area (Å²) in [5.74, 6) is 0.400. The number of hydrogen-bond donors (Lipinski definition) is 1. The molecule has 0 aliphatic carbocycles. The number of aromatic nitrogens is 2. The van der Waals surface area contributed by atoms with Crippen LogP contribution in [0.3, 0.4) is 0 Å². The van der Waals surface area contributed by atoms with Gasteiger partial charge in [-0.2, -0.15) is 0 Å². The van der Waals surface area contributed by atoms with Gasteiger partial charge in [0.15, 0.2) is 0 Å². The first-order valence-electron chi connectivity index (χ1n) is 5.57. The van der Waals surface area contributed by atoms with E-state index in [1.165, 1.54) is 0 Å². The molecule has 0 atom stereocenters. The second-order valence-electron chi connectivity index (χ2n) is 4.19. The average molecular weight is 302 g/mol. The highest BCUT2D eigenvalue weighted by atomic mass is 35.5. The van der Waals surface area contributed by atoms with Gasteiger partial charge < -0.3 is 5.32 Å². The summed E-state index contributed by atoms with van der Waals surface area (Å²) in [5, 5.41) is 14.6. The van der Waals surface area contributed by atoms with Gasteiger partial charge in [-0.05, 0) is 17.7 Å². The van der Waals surface area contributed by atoms with Crippen LogP contribution in [0.25, 0.3) is 0 Å².